The van der Waals surface area contributed by atoms with Gasteiger partial charge in [0.1, 0.15) is 6.54 Å². The molecule has 0 aromatic heterocycles. The summed E-state index contributed by atoms with van der Waals surface area (Å²) in [6, 6.07) is 0. The van der Waals surface area contributed by atoms with Gasteiger partial charge >= 0.3 is 5.97 Å². The second-order valence-electron chi connectivity index (χ2n) is 5.38. The van der Waals surface area contributed by atoms with Crippen LogP contribution in [0.3, 0.4) is 0 Å². The van der Waals surface area contributed by atoms with Crippen molar-refractivity contribution in [3.8, 4) is 0 Å². The van der Waals surface area contributed by atoms with Gasteiger partial charge in [-0.25, -0.2) is 0 Å². The number of hydrogen-bond acceptors (Lipinski definition) is 3. The topological polar surface area (TPSA) is 46.6 Å². The van der Waals surface area contributed by atoms with Crippen LogP contribution >= 0.6 is 0 Å². The number of methoxy groups -OCH3 is 1. The fourth-order valence-electron chi connectivity index (χ4n) is 2.67. The first kappa shape index (κ1) is 15.7. The lowest BCUT2D eigenvalue weighted by atomic mass is 9.79. The van der Waals surface area contributed by atoms with Gasteiger partial charge in [-0.15, -0.1) is 0 Å². The third kappa shape index (κ3) is 4.37. The Hall–Kier alpha value is -1.32. The third-order valence-corrected chi connectivity index (χ3v) is 3.87. The van der Waals surface area contributed by atoms with Gasteiger partial charge in [-0.2, -0.15) is 0 Å². The molecule has 0 bridgehead atoms. The van der Waals surface area contributed by atoms with Gasteiger partial charge in [-0.05, 0) is 24.7 Å². The summed E-state index contributed by atoms with van der Waals surface area (Å²) >= 11 is 0. The molecule has 0 radical (unpaired) electrons. The molecule has 1 rings (SSSR count). The average molecular weight is 267 g/mol. The minimum absolute atomic E-state index is 0.0133. The molecule has 0 heterocycles. The van der Waals surface area contributed by atoms with Crippen molar-refractivity contribution >= 4 is 11.9 Å². The molecule has 2 atom stereocenters. The largest absolute Gasteiger partial charge is 0.468 e. The van der Waals surface area contributed by atoms with Crippen molar-refractivity contribution in [1.82, 2.24) is 4.90 Å². The summed E-state index contributed by atoms with van der Waals surface area (Å²) in [5, 5.41) is 0. The molecular weight excluding hydrogens is 242 g/mol. The lowest BCUT2D eigenvalue weighted by Gasteiger charge is -2.28. The Balaban J connectivity index is 2.63. The fraction of sp³-hybridized carbons (Fsp3) is 0.733. The highest BCUT2D eigenvalue weighted by Crippen LogP contribution is 2.32. The Morgan fingerprint density at radius 2 is 2.16 bits per heavy atom. The SMILES string of the molecule is CCCC1CCC(C(=O)N(C)CC(=O)OC)=CC1C. The maximum atomic E-state index is 12.2. The maximum absolute atomic E-state index is 12.2. The molecule has 0 aliphatic heterocycles. The number of rotatable bonds is 5. The molecule has 4 heteroatoms. The van der Waals surface area contributed by atoms with Crippen LogP contribution < -0.4 is 0 Å². The van der Waals surface area contributed by atoms with Crippen molar-refractivity contribution in [2.75, 3.05) is 20.7 Å². The molecule has 0 aromatic carbocycles. The van der Waals surface area contributed by atoms with E-state index in [1.807, 2.05) is 0 Å². The third-order valence-electron chi connectivity index (χ3n) is 3.87. The molecule has 4 nitrogen and oxygen atoms in total. The van der Waals surface area contributed by atoms with Gasteiger partial charge < -0.3 is 9.64 Å². The highest BCUT2D eigenvalue weighted by molar-refractivity contribution is 5.95. The van der Waals surface area contributed by atoms with Gasteiger partial charge in [0.25, 0.3) is 0 Å². The van der Waals surface area contributed by atoms with Gasteiger partial charge in [0, 0.05) is 12.6 Å². The standard InChI is InChI=1S/C15H25NO3/c1-5-6-12-7-8-13(9-11(12)2)15(18)16(3)10-14(17)19-4/h9,11-12H,5-8,10H2,1-4H3. The number of carbonyl (C=O) groups is 2. The van der Waals surface area contributed by atoms with Crippen molar-refractivity contribution in [3.63, 3.8) is 0 Å². The Morgan fingerprint density at radius 1 is 1.47 bits per heavy atom. The van der Waals surface area contributed by atoms with Crippen LogP contribution in [0.2, 0.25) is 0 Å². The van der Waals surface area contributed by atoms with Crippen molar-refractivity contribution in [3.05, 3.63) is 11.6 Å². The molecule has 1 aliphatic carbocycles. The zero-order valence-corrected chi connectivity index (χ0v) is 12.4. The van der Waals surface area contributed by atoms with Crippen LogP contribution in [-0.2, 0) is 14.3 Å². The summed E-state index contributed by atoms with van der Waals surface area (Å²) in [5.74, 6) is 0.697. The zero-order valence-electron chi connectivity index (χ0n) is 12.4. The second kappa shape index (κ2) is 7.31. The van der Waals surface area contributed by atoms with Crippen LogP contribution in [0, 0.1) is 11.8 Å². The average Bonchev–Trinajstić information content (AvgIpc) is 2.40. The van der Waals surface area contributed by atoms with E-state index in [-0.39, 0.29) is 18.4 Å². The van der Waals surface area contributed by atoms with E-state index in [0.29, 0.717) is 11.8 Å². The van der Waals surface area contributed by atoms with E-state index < -0.39 is 0 Å². The van der Waals surface area contributed by atoms with E-state index in [4.69, 9.17) is 0 Å². The van der Waals surface area contributed by atoms with E-state index in [0.717, 1.165) is 18.4 Å². The number of likely N-dealkylation sites (N-methyl/N-ethyl adjacent to an activating group) is 1. The molecule has 108 valence electrons. The quantitative estimate of drug-likeness (QED) is 0.719. The van der Waals surface area contributed by atoms with E-state index in [1.165, 1.54) is 24.9 Å². The second-order valence-corrected chi connectivity index (χ2v) is 5.38. The normalized spacial score (nSPS) is 22.6. The Kier molecular flexibility index (Phi) is 6.06. The number of hydrogen-bond donors (Lipinski definition) is 0. The maximum Gasteiger partial charge on any atom is 0.325 e. The molecule has 1 amide bonds. The van der Waals surface area contributed by atoms with Crippen LogP contribution in [0.15, 0.2) is 11.6 Å². The number of nitrogens with zero attached hydrogens (tertiary/aromatic N) is 1. The summed E-state index contributed by atoms with van der Waals surface area (Å²) in [6.07, 6.45) is 6.38. The molecule has 19 heavy (non-hydrogen) atoms. The van der Waals surface area contributed by atoms with Gasteiger partial charge in [0.2, 0.25) is 5.91 Å². The first-order chi connectivity index (χ1) is 8.99. The van der Waals surface area contributed by atoms with Gasteiger partial charge in [-0.3, -0.25) is 9.59 Å². The van der Waals surface area contributed by atoms with Gasteiger partial charge in [0.15, 0.2) is 0 Å². The Morgan fingerprint density at radius 3 is 2.68 bits per heavy atom. The monoisotopic (exact) mass is 267 g/mol. The Bertz CT molecular complexity index is 362. The summed E-state index contributed by atoms with van der Waals surface area (Å²) in [4.78, 5) is 24.8. The fourth-order valence-corrected chi connectivity index (χ4v) is 2.67. The first-order valence-corrected chi connectivity index (χ1v) is 7.02. The minimum atomic E-state index is -0.385. The first-order valence-electron chi connectivity index (χ1n) is 7.02. The molecule has 0 spiro atoms. The molecule has 1 aliphatic rings. The van der Waals surface area contributed by atoms with Crippen LogP contribution in [0.5, 0.6) is 0 Å². The predicted molar refractivity (Wildman–Crippen MR) is 74.5 cm³/mol. The highest BCUT2D eigenvalue weighted by atomic mass is 16.5. The summed E-state index contributed by atoms with van der Waals surface area (Å²) in [5.41, 5.74) is 0.839. The number of carbonyl (C=O) groups excluding carboxylic acids is 2. The number of ether oxygens (including phenoxy) is 1. The van der Waals surface area contributed by atoms with Crippen molar-refractivity contribution < 1.29 is 14.3 Å². The molecule has 0 aromatic rings. The van der Waals surface area contributed by atoms with Gasteiger partial charge in [-0.1, -0.05) is 32.8 Å². The molecule has 0 saturated heterocycles. The van der Waals surface area contributed by atoms with E-state index in [2.05, 4.69) is 24.7 Å². The highest BCUT2D eigenvalue weighted by Gasteiger charge is 2.25. The predicted octanol–water partition coefficient (Wildman–Crippen LogP) is 2.39. The Labute approximate surface area is 115 Å². The molecule has 0 N–H and O–H groups in total. The van der Waals surface area contributed by atoms with Crippen molar-refractivity contribution in [1.29, 1.82) is 0 Å². The van der Waals surface area contributed by atoms with E-state index in [1.54, 1.807) is 7.05 Å². The molecule has 0 fully saturated rings. The smallest absolute Gasteiger partial charge is 0.325 e. The van der Waals surface area contributed by atoms with Crippen LogP contribution in [0.4, 0.5) is 0 Å². The van der Waals surface area contributed by atoms with E-state index in [9.17, 15) is 9.59 Å². The van der Waals surface area contributed by atoms with Crippen molar-refractivity contribution in [2.24, 2.45) is 11.8 Å². The lowest BCUT2D eigenvalue weighted by molar-refractivity contribution is -0.145. The summed E-state index contributed by atoms with van der Waals surface area (Å²) < 4.78 is 4.58. The molecule has 0 saturated carbocycles. The summed E-state index contributed by atoms with van der Waals surface area (Å²) in [7, 11) is 2.97. The minimum Gasteiger partial charge on any atom is -0.468 e. The lowest BCUT2D eigenvalue weighted by Crippen LogP contribution is -2.35. The van der Waals surface area contributed by atoms with Crippen LogP contribution in [0.1, 0.15) is 39.5 Å². The molecular formula is C15H25NO3. The van der Waals surface area contributed by atoms with E-state index >= 15 is 0 Å². The summed E-state index contributed by atoms with van der Waals surface area (Å²) in [6.45, 7) is 4.38. The molecule has 2 unspecified atom stereocenters. The number of esters is 1. The number of allylic oxidation sites excluding steroid dienone is 1. The van der Waals surface area contributed by atoms with Crippen molar-refractivity contribution in [2.45, 2.75) is 39.5 Å². The van der Waals surface area contributed by atoms with Gasteiger partial charge in [0.05, 0.1) is 7.11 Å². The van der Waals surface area contributed by atoms with Crippen LogP contribution in [0.25, 0.3) is 0 Å². The zero-order chi connectivity index (χ0) is 14.4. The number of amides is 1. The van der Waals surface area contributed by atoms with Crippen LogP contribution in [-0.4, -0.2) is 37.5 Å².